The van der Waals surface area contributed by atoms with Gasteiger partial charge in [-0.3, -0.25) is 14.4 Å². The van der Waals surface area contributed by atoms with Gasteiger partial charge in [-0.05, 0) is 31.4 Å². The molecule has 7 heteroatoms. The van der Waals surface area contributed by atoms with Gasteiger partial charge in [-0.25, -0.2) is 0 Å². The summed E-state index contributed by atoms with van der Waals surface area (Å²) in [4.78, 5) is 43.5. The van der Waals surface area contributed by atoms with Gasteiger partial charge in [0, 0.05) is 43.2 Å². The molecule has 2 aliphatic heterocycles. The van der Waals surface area contributed by atoms with E-state index in [0.717, 1.165) is 22.2 Å². The van der Waals surface area contributed by atoms with Gasteiger partial charge in [0.1, 0.15) is 0 Å². The van der Waals surface area contributed by atoms with Crippen LogP contribution >= 0.6 is 0 Å². The Kier molecular flexibility index (Phi) is 4.40. The fourth-order valence-electron chi connectivity index (χ4n) is 4.95. The number of hydrogen-bond donors (Lipinski definition) is 2. The summed E-state index contributed by atoms with van der Waals surface area (Å²) in [7, 11) is 1.69. The van der Waals surface area contributed by atoms with E-state index in [-0.39, 0.29) is 18.2 Å². The first-order valence-electron chi connectivity index (χ1n) is 9.67. The van der Waals surface area contributed by atoms with Gasteiger partial charge in [0.15, 0.2) is 0 Å². The Hall–Kier alpha value is -2.83. The van der Waals surface area contributed by atoms with E-state index in [2.05, 4.69) is 4.98 Å². The Morgan fingerprint density at radius 1 is 1.25 bits per heavy atom. The predicted molar refractivity (Wildman–Crippen MR) is 104 cm³/mol. The molecule has 2 amide bonds. The third-order valence-corrected chi connectivity index (χ3v) is 6.70. The molecule has 1 aromatic carbocycles. The summed E-state index contributed by atoms with van der Waals surface area (Å²) in [6, 6.07) is 7.95. The second-order valence-corrected chi connectivity index (χ2v) is 7.98. The molecule has 0 saturated carbocycles. The van der Waals surface area contributed by atoms with Crippen molar-refractivity contribution in [3.8, 4) is 0 Å². The second kappa shape index (κ2) is 6.65. The summed E-state index contributed by atoms with van der Waals surface area (Å²) in [6.07, 6.45) is 1.38. The molecule has 148 valence electrons. The van der Waals surface area contributed by atoms with Crippen molar-refractivity contribution in [2.75, 3.05) is 20.1 Å². The van der Waals surface area contributed by atoms with E-state index in [1.807, 2.05) is 36.1 Å². The van der Waals surface area contributed by atoms with Crippen molar-refractivity contribution in [1.82, 2.24) is 14.8 Å². The van der Waals surface area contributed by atoms with Crippen molar-refractivity contribution in [1.29, 1.82) is 0 Å². The monoisotopic (exact) mass is 383 g/mol. The van der Waals surface area contributed by atoms with Gasteiger partial charge in [0.2, 0.25) is 11.8 Å². The van der Waals surface area contributed by atoms with E-state index < -0.39 is 17.4 Å². The number of aryl methyl sites for hydroxylation is 1. The minimum Gasteiger partial charge on any atom is -0.481 e. The Labute approximate surface area is 163 Å². The summed E-state index contributed by atoms with van der Waals surface area (Å²) in [5, 5.41) is 10.6. The number of benzene rings is 1. The summed E-state index contributed by atoms with van der Waals surface area (Å²) < 4.78 is 0. The number of carboxylic acids is 1. The molecule has 7 nitrogen and oxygen atoms in total. The molecule has 2 aliphatic rings. The summed E-state index contributed by atoms with van der Waals surface area (Å²) >= 11 is 0. The molecule has 2 N–H and O–H groups in total. The number of carboxylic acid groups (broad SMARTS) is 1. The van der Waals surface area contributed by atoms with Crippen LogP contribution in [0.3, 0.4) is 0 Å². The number of nitrogens with zero attached hydrogens (tertiary/aromatic N) is 2. The Morgan fingerprint density at radius 3 is 2.61 bits per heavy atom. The molecule has 0 aliphatic carbocycles. The maximum atomic E-state index is 12.9. The van der Waals surface area contributed by atoms with Crippen molar-refractivity contribution < 1.29 is 19.5 Å². The highest BCUT2D eigenvalue weighted by Gasteiger charge is 2.55. The first-order valence-corrected chi connectivity index (χ1v) is 9.67. The average Bonchev–Trinajstić information content (AvgIpc) is 3.12. The molecule has 1 spiro atoms. The third-order valence-electron chi connectivity index (χ3n) is 6.70. The number of para-hydroxylation sites is 1. The van der Waals surface area contributed by atoms with Crippen LogP contribution in [0.5, 0.6) is 0 Å². The molecule has 2 aromatic rings. The van der Waals surface area contributed by atoms with Crippen LogP contribution in [0.2, 0.25) is 0 Å². The lowest BCUT2D eigenvalue weighted by Crippen LogP contribution is -2.57. The van der Waals surface area contributed by atoms with Crippen LogP contribution in [0, 0.1) is 12.8 Å². The molecule has 2 saturated heterocycles. The van der Waals surface area contributed by atoms with Gasteiger partial charge in [-0.15, -0.1) is 0 Å². The zero-order valence-corrected chi connectivity index (χ0v) is 16.2. The highest BCUT2D eigenvalue weighted by Crippen LogP contribution is 2.43. The number of carbonyl (C=O) groups is 3. The topological polar surface area (TPSA) is 93.7 Å². The van der Waals surface area contributed by atoms with Crippen molar-refractivity contribution in [3.63, 3.8) is 0 Å². The third kappa shape index (κ3) is 2.77. The number of hydrogen-bond acceptors (Lipinski definition) is 3. The van der Waals surface area contributed by atoms with Crippen molar-refractivity contribution in [2.24, 2.45) is 5.92 Å². The van der Waals surface area contributed by atoms with E-state index in [9.17, 15) is 19.5 Å². The normalized spacial score (nSPS) is 21.6. The van der Waals surface area contributed by atoms with Crippen LogP contribution < -0.4 is 0 Å². The van der Waals surface area contributed by atoms with Crippen LogP contribution in [-0.2, 0) is 20.8 Å². The number of likely N-dealkylation sites (tertiary alicyclic amines) is 2. The minimum atomic E-state index is -0.924. The van der Waals surface area contributed by atoms with Gasteiger partial charge in [0.25, 0.3) is 0 Å². The van der Waals surface area contributed by atoms with Crippen LogP contribution in [0.25, 0.3) is 10.9 Å². The van der Waals surface area contributed by atoms with Gasteiger partial charge in [-0.1, -0.05) is 18.2 Å². The minimum absolute atomic E-state index is 0.0431. The Bertz CT molecular complexity index is 956. The predicted octanol–water partition coefficient (Wildman–Crippen LogP) is 1.94. The number of nitrogens with one attached hydrogen (secondary N) is 1. The van der Waals surface area contributed by atoms with E-state index in [4.69, 9.17) is 0 Å². The molecule has 0 radical (unpaired) electrons. The number of H-pyrrole nitrogens is 1. The molecule has 4 rings (SSSR count). The van der Waals surface area contributed by atoms with Gasteiger partial charge in [-0.2, -0.15) is 0 Å². The summed E-state index contributed by atoms with van der Waals surface area (Å²) in [5.74, 6) is -1.70. The maximum Gasteiger partial charge on any atom is 0.309 e. The number of aromatic nitrogens is 1. The SMILES string of the molecule is Cc1[nH]c2ccccc2c1CC(=O)N1CCC2(CC1)[C@H](C(=O)O)CC(=O)N2C. The zero-order valence-electron chi connectivity index (χ0n) is 16.2. The number of rotatable bonds is 3. The van der Waals surface area contributed by atoms with Crippen molar-refractivity contribution >= 4 is 28.7 Å². The van der Waals surface area contributed by atoms with Crippen LogP contribution in [-0.4, -0.2) is 63.4 Å². The standard InChI is InChI=1S/C21H25N3O4/c1-13-15(14-5-3-4-6-17(14)22-13)11-19(26)24-9-7-21(8-10-24)16(20(27)28)12-18(25)23(21)2/h3-6,16,22H,7-12H2,1-2H3,(H,27,28)/t16-/m0/s1. The molecule has 0 bridgehead atoms. The molecule has 1 aromatic heterocycles. The fourth-order valence-corrected chi connectivity index (χ4v) is 4.95. The number of amides is 2. The first-order chi connectivity index (χ1) is 13.3. The number of fused-ring (bicyclic) bond motifs is 1. The molecule has 3 heterocycles. The number of piperidine rings is 1. The quantitative estimate of drug-likeness (QED) is 0.847. The number of carbonyl (C=O) groups excluding carboxylic acids is 2. The number of aromatic amines is 1. The maximum absolute atomic E-state index is 12.9. The fraction of sp³-hybridized carbons (Fsp3) is 0.476. The zero-order chi connectivity index (χ0) is 20.1. The van der Waals surface area contributed by atoms with E-state index in [0.29, 0.717) is 32.4 Å². The van der Waals surface area contributed by atoms with Crippen LogP contribution in [0.1, 0.15) is 30.5 Å². The van der Waals surface area contributed by atoms with Crippen molar-refractivity contribution in [3.05, 3.63) is 35.5 Å². The summed E-state index contributed by atoms with van der Waals surface area (Å²) in [6.45, 7) is 2.92. The Morgan fingerprint density at radius 2 is 1.93 bits per heavy atom. The van der Waals surface area contributed by atoms with Crippen LogP contribution in [0.4, 0.5) is 0 Å². The second-order valence-electron chi connectivity index (χ2n) is 7.98. The lowest BCUT2D eigenvalue weighted by atomic mass is 9.77. The van der Waals surface area contributed by atoms with E-state index in [1.54, 1.807) is 11.9 Å². The smallest absolute Gasteiger partial charge is 0.309 e. The van der Waals surface area contributed by atoms with Crippen LogP contribution in [0.15, 0.2) is 24.3 Å². The average molecular weight is 383 g/mol. The van der Waals surface area contributed by atoms with Gasteiger partial charge >= 0.3 is 5.97 Å². The van der Waals surface area contributed by atoms with Gasteiger partial charge in [0.05, 0.1) is 17.9 Å². The highest BCUT2D eigenvalue weighted by atomic mass is 16.4. The molecule has 1 atom stereocenters. The number of aliphatic carboxylic acids is 1. The van der Waals surface area contributed by atoms with E-state index >= 15 is 0 Å². The largest absolute Gasteiger partial charge is 0.481 e. The first kappa shape index (κ1) is 18.5. The Balaban J connectivity index is 1.49. The molecule has 28 heavy (non-hydrogen) atoms. The molecular formula is C21H25N3O4. The molecular weight excluding hydrogens is 358 g/mol. The summed E-state index contributed by atoms with van der Waals surface area (Å²) in [5.41, 5.74) is 2.36. The van der Waals surface area contributed by atoms with Crippen molar-refractivity contribution in [2.45, 2.75) is 38.1 Å². The van der Waals surface area contributed by atoms with Gasteiger partial charge < -0.3 is 19.9 Å². The lowest BCUT2D eigenvalue weighted by Gasteiger charge is -2.45. The lowest BCUT2D eigenvalue weighted by molar-refractivity contribution is -0.146. The highest BCUT2D eigenvalue weighted by molar-refractivity contribution is 5.91. The molecule has 0 unspecified atom stereocenters. The molecule has 2 fully saturated rings. The van der Waals surface area contributed by atoms with E-state index in [1.165, 1.54) is 0 Å².